The van der Waals surface area contributed by atoms with E-state index in [1.807, 2.05) is 54.6 Å². The van der Waals surface area contributed by atoms with Crippen LogP contribution in [0, 0.1) is 0 Å². The van der Waals surface area contributed by atoms with Crippen LogP contribution >= 0.6 is 11.3 Å². The summed E-state index contributed by atoms with van der Waals surface area (Å²) in [6.45, 7) is 0. The number of hydrogen-bond donors (Lipinski definition) is 1. The van der Waals surface area contributed by atoms with Crippen molar-refractivity contribution in [3.8, 4) is 21.7 Å². The number of nitrogen functional groups attached to an aromatic ring is 1. The van der Waals surface area contributed by atoms with Gasteiger partial charge in [-0.1, -0.05) is 42.5 Å². The van der Waals surface area contributed by atoms with Gasteiger partial charge in [-0.25, -0.2) is 9.78 Å². The van der Waals surface area contributed by atoms with Gasteiger partial charge in [0, 0.05) is 10.9 Å². The molecule has 0 atom stereocenters. The van der Waals surface area contributed by atoms with Crippen molar-refractivity contribution in [3.05, 3.63) is 72.3 Å². The number of nitrogens with two attached hydrogens (primary N) is 1. The number of pyridine rings is 1. The van der Waals surface area contributed by atoms with Gasteiger partial charge in [0.15, 0.2) is 0 Å². The number of hydrogen-bond acceptors (Lipinski definition) is 5. The molecule has 26 heavy (non-hydrogen) atoms. The molecule has 0 aliphatic heterocycles. The second-order valence-electron chi connectivity index (χ2n) is 5.83. The third-order valence-electron chi connectivity index (χ3n) is 4.23. The lowest BCUT2D eigenvalue weighted by atomic mass is 10.1. The van der Waals surface area contributed by atoms with Crippen molar-refractivity contribution in [1.82, 2.24) is 4.98 Å². The van der Waals surface area contributed by atoms with Gasteiger partial charge >= 0.3 is 5.97 Å². The normalized spacial score (nSPS) is 10.8. The van der Waals surface area contributed by atoms with Crippen molar-refractivity contribution in [1.29, 1.82) is 0 Å². The van der Waals surface area contributed by atoms with Crippen LogP contribution in [-0.2, 0) is 4.74 Å². The standard InChI is InChI=1S/C21H16N2O2S/c1-25-21(24)15-9-7-14(8-10-15)19-18(22)16-11-12-17(23-20(16)26-19)13-5-3-2-4-6-13/h2-12H,22H2,1H3. The fourth-order valence-electron chi connectivity index (χ4n) is 2.86. The number of methoxy groups -OCH3 is 1. The minimum absolute atomic E-state index is 0.352. The topological polar surface area (TPSA) is 65.2 Å². The third kappa shape index (κ3) is 2.82. The second kappa shape index (κ2) is 6.61. The van der Waals surface area contributed by atoms with Gasteiger partial charge in [-0.05, 0) is 29.8 Å². The van der Waals surface area contributed by atoms with Crippen molar-refractivity contribution < 1.29 is 9.53 Å². The van der Waals surface area contributed by atoms with E-state index in [0.29, 0.717) is 11.3 Å². The molecule has 0 aliphatic rings. The summed E-state index contributed by atoms with van der Waals surface area (Å²) in [6, 6.07) is 21.3. The second-order valence-corrected chi connectivity index (χ2v) is 6.83. The van der Waals surface area contributed by atoms with Crippen molar-refractivity contribution in [2.24, 2.45) is 0 Å². The van der Waals surface area contributed by atoms with Crippen LogP contribution in [0.4, 0.5) is 5.69 Å². The van der Waals surface area contributed by atoms with Gasteiger partial charge in [0.25, 0.3) is 0 Å². The number of anilines is 1. The van der Waals surface area contributed by atoms with Crippen LogP contribution in [0.2, 0.25) is 0 Å². The van der Waals surface area contributed by atoms with Gasteiger partial charge in [-0.15, -0.1) is 11.3 Å². The summed E-state index contributed by atoms with van der Waals surface area (Å²) < 4.78 is 4.74. The van der Waals surface area contributed by atoms with Gasteiger partial charge in [-0.2, -0.15) is 0 Å². The van der Waals surface area contributed by atoms with E-state index >= 15 is 0 Å². The van der Waals surface area contributed by atoms with Crippen LogP contribution in [0.25, 0.3) is 31.9 Å². The lowest BCUT2D eigenvalue weighted by Crippen LogP contribution is -2.00. The number of aromatic nitrogens is 1. The number of carbonyl (C=O) groups is 1. The molecule has 4 rings (SSSR count). The van der Waals surface area contributed by atoms with Crippen LogP contribution in [0.1, 0.15) is 10.4 Å². The van der Waals surface area contributed by atoms with Crippen molar-refractivity contribution in [2.45, 2.75) is 0 Å². The van der Waals surface area contributed by atoms with E-state index in [4.69, 9.17) is 15.5 Å². The molecule has 4 aromatic rings. The van der Waals surface area contributed by atoms with E-state index in [2.05, 4.69) is 0 Å². The first-order valence-electron chi connectivity index (χ1n) is 8.10. The number of nitrogens with zero attached hydrogens (tertiary/aromatic N) is 1. The number of thiophene rings is 1. The molecule has 0 spiro atoms. The Balaban J connectivity index is 1.77. The summed E-state index contributed by atoms with van der Waals surface area (Å²) in [5.74, 6) is -0.352. The zero-order valence-electron chi connectivity index (χ0n) is 14.1. The summed E-state index contributed by atoms with van der Waals surface area (Å²) in [4.78, 5) is 18.2. The van der Waals surface area contributed by atoms with E-state index < -0.39 is 0 Å². The molecule has 0 unspecified atom stereocenters. The molecule has 0 amide bonds. The Hall–Kier alpha value is -3.18. The number of carbonyl (C=O) groups excluding carboxylic acids is 1. The fourth-order valence-corrected chi connectivity index (χ4v) is 3.96. The van der Waals surface area contributed by atoms with E-state index in [-0.39, 0.29) is 5.97 Å². The highest BCUT2D eigenvalue weighted by molar-refractivity contribution is 7.22. The highest BCUT2D eigenvalue weighted by Gasteiger charge is 2.14. The van der Waals surface area contributed by atoms with Crippen molar-refractivity contribution in [2.75, 3.05) is 12.8 Å². The Labute approximate surface area is 154 Å². The minimum Gasteiger partial charge on any atom is -0.465 e. The average Bonchev–Trinajstić information content (AvgIpc) is 3.04. The number of rotatable bonds is 3. The summed E-state index contributed by atoms with van der Waals surface area (Å²) >= 11 is 1.55. The van der Waals surface area contributed by atoms with E-state index in [9.17, 15) is 4.79 Å². The highest BCUT2D eigenvalue weighted by Crippen LogP contribution is 2.40. The first kappa shape index (κ1) is 16.3. The lowest BCUT2D eigenvalue weighted by Gasteiger charge is -2.02. The van der Waals surface area contributed by atoms with Crippen LogP contribution in [0.5, 0.6) is 0 Å². The van der Waals surface area contributed by atoms with Crippen LogP contribution < -0.4 is 5.73 Å². The predicted molar refractivity (Wildman–Crippen MR) is 106 cm³/mol. The molecule has 0 bridgehead atoms. The van der Waals surface area contributed by atoms with Gasteiger partial charge < -0.3 is 10.5 Å². The van der Waals surface area contributed by atoms with E-state index in [0.717, 1.165) is 31.9 Å². The maximum Gasteiger partial charge on any atom is 0.337 e. The Morgan fingerprint density at radius 1 is 0.962 bits per heavy atom. The largest absolute Gasteiger partial charge is 0.465 e. The van der Waals surface area contributed by atoms with Crippen LogP contribution in [-0.4, -0.2) is 18.1 Å². The summed E-state index contributed by atoms with van der Waals surface area (Å²) in [6.07, 6.45) is 0. The molecule has 0 saturated heterocycles. The summed E-state index contributed by atoms with van der Waals surface area (Å²) in [5.41, 5.74) is 10.5. The van der Waals surface area contributed by atoms with E-state index in [1.165, 1.54) is 7.11 Å². The average molecular weight is 360 g/mol. The first-order chi connectivity index (χ1) is 12.7. The molecule has 2 aromatic heterocycles. The molecule has 2 aromatic carbocycles. The maximum absolute atomic E-state index is 11.6. The minimum atomic E-state index is -0.352. The van der Waals surface area contributed by atoms with Gasteiger partial charge in [0.2, 0.25) is 0 Å². The quantitative estimate of drug-likeness (QED) is 0.522. The fraction of sp³-hybridized carbons (Fsp3) is 0.0476. The van der Waals surface area contributed by atoms with Crippen molar-refractivity contribution >= 4 is 33.2 Å². The first-order valence-corrected chi connectivity index (χ1v) is 8.92. The summed E-state index contributed by atoms with van der Waals surface area (Å²) in [5, 5.41) is 0.946. The molecule has 0 radical (unpaired) electrons. The summed E-state index contributed by atoms with van der Waals surface area (Å²) in [7, 11) is 1.37. The molecule has 2 heterocycles. The molecule has 5 heteroatoms. The maximum atomic E-state index is 11.6. The van der Waals surface area contributed by atoms with Gasteiger partial charge in [0.1, 0.15) is 4.83 Å². The molecular formula is C21H16N2O2S. The number of benzene rings is 2. The van der Waals surface area contributed by atoms with Crippen molar-refractivity contribution in [3.63, 3.8) is 0 Å². The Bertz CT molecular complexity index is 1090. The Morgan fingerprint density at radius 2 is 1.69 bits per heavy atom. The molecule has 0 fully saturated rings. The molecule has 2 N–H and O–H groups in total. The van der Waals surface area contributed by atoms with Gasteiger partial charge in [-0.3, -0.25) is 0 Å². The molecular weight excluding hydrogens is 344 g/mol. The van der Waals surface area contributed by atoms with Gasteiger partial charge in [0.05, 0.1) is 28.9 Å². The SMILES string of the molecule is COC(=O)c1ccc(-c2sc3nc(-c4ccccc4)ccc3c2N)cc1. The molecule has 4 nitrogen and oxygen atoms in total. The number of ether oxygens (including phenoxy) is 1. The Morgan fingerprint density at radius 3 is 2.38 bits per heavy atom. The van der Waals surface area contributed by atoms with E-state index in [1.54, 1.807) is 23.5 Å². The lowest BCUT2D eigenvalue weighted by molar-refractivity contribution is 0.0601. The molecule has 0 saturated carbocycles. The number of esters is 1. The number of fused-ring (bicyclic) bond motifs is 1. The highest BCUT2D eigenvalue weighted by atomic mass is 32.1. The molecule has 128 valence electrons. The van der Waals surface area contributed by atoms with Crippen LogP contribution in [0.3, 0.4) is 0 Å². The third-order valence-corrected chi connectivity index (χ3v) is 5.40. The zero-order valence-corrected chi connectivity index (χ0v) is 14.9. The predicted octanol–water partition coefficient (Wildman–Crippen LogP) is 5.00. The monoisotopic (exact) mass is 360 g/mol. The zero-order chi connectivity index (χ0) is 18.1. The molecule has 0 aliphatic carbocycles. The Kier molecular flexibility index (Phi) is 4.14. The smallest absolute Gasteiger partial charge is 0.337 e. The van der Waals surface area contributed by atoms with Crippen LogP contribution in [0.15, 0.2) is 66.7 Å².